The molecule has 3 aromatic rings. The number of aromatic amines is 1. The Morgan fingerprint density at radius 2 is 2.06 bits per heavy atom. The van der Waals surface area contributed by atoms with Gasteiger partial charge in [0, 0.05) is 28.6 Å². The van der Waals surface area contributed by atoms with Gasteiger partial charge in [-0.2, -0.15) is 0 Å². The Morgan fingerprint density at radius 3 is 2.77 bits per heavy atom. The monoisotopic (exact) mass is 458 g/mol. The summed E-state index contributed by atoms with van der Waals surface area (Å²) in [6.45, 7) is 4.60. The summed E-state index contributed by atoms with van der Waals surface area (Å²) >= 11 is 7.44. The molecule has 1 saturated heterocycles. The smallest absolute Gasteiger partial charge is 0.293 e. The van der Waals surface area contributed by atoms with Crippen LogP contribution < -0.4 is 5.32 Å². The van der Waals surface area contributed by atoms with Gasteiger partial charge in [-0.05, 0) is 38.8 Å². The highest BCUT2D eigenvalue weighted by Crippen LogP contribution is 2.26. The molecule has 1 aliphatic heterocycles. The highest BCUT2D eigenvalue weighted by Gasteiger charge is 2.36. The first kappa shape index (κ1) is 21.5. The lowest BCUT2D eigenvalue weighted by Crippen LogP contribution is -2.51. The van der Waals surface area contributed by atoms with Crippen molar-refractivity contribution < 1.29 is 9.59 Å². The Morgan fingerprint density at radius 1 is 1.29 bits per heavy atom. The van der Waals surface area contributed by atoms with Crippen LogP contribution in [0, 0.1) is 12.8 Å². The molecule has 8 nitrogen and oxygen atoms in total. The second-order valence-corrected chi connectivity index (χ2v) is 8.96. The molecular weight excluding hydrogens is 436 g/mol. The van der Waals surface area contributed by atoms with E-state index in [0.717, 1.165) is 29.1 Å². The Labute approximate surface area is 189 Å². The molecule has 2 unspecified atom stereocenters. The van der Waals surface area contributed by atoms with Crippen LogP contribution in [0.15, 0.2) is 29.6 Å². The van der Waals surface area contributed by atoms with Crippen molar-refractivity contribution in [2.75, 3.05) is 6.54 Å². The number of piperidine rings is 1. The van der Waals surface area contributed by atoms with Gasteiger partial charge >= 0.3 is 0 Å². The third-order valence-electron chi connectivity index (χ3n) is 5.48. The van der Waals surface area contributed by atoms with Crippen LogP contribution in [0.1, 0.15) is 41.2 Å². The molecule has 0 radical (unpaired) electrons. The molecule has 2 atom stereocenters. The summed E-state index contributed by atoms with van der Waals surface area (Å²) in [6, 6.07) is 7.26. The number of aromatic nitrogens is 4. The minimum atomic E-state index is -0.284. The van der Waals surface area contributed by atoms with E-state index in [1.807, 2.05) is 36.6 Å². The molecule has 0 bridgehead atoms. The summed E-state index contributed by atoms with van der Waals surface area (Å²) < 4.78 is 0. The molecule has 0 saturated carbocycles. The SMILES string of the molecule is Cc1nc(C(=O)N2CCCC(C(=O)NCc3nc(-c4ccc(Cl)cc4)cs3)C2C)n[nH]1. The van der Waals surface area contributed by atoms with Crippen LogP contribution in [0.3, 0.4) is 0 Å². The maximum atomic E-state index is 12.9. The lowest BCUT2D eigenvalue weighted by Gasteiger charge is -2.38. The van der Waals surface area contributed by atoms with Crippen LogP contribution in [0.5, 0.6) is 0 Å². The van der Waals surface area contributed by atoms with Gasteiger partial charge in [0.2, 0.25) is 11.7 Å². The van der Waals surface area contributed by atoms with Gasteiger partial charge in [-0.3, -0.25) is 14.7 Å². The van der Waals surface area contributed by atoms with Crippen molar-refractivity contribution in [3.05, 3.63) is 51.3 Å². The third-order valence-corrected chi connectivity index (χ3v) is 6.58. The van der Waals surface area contributed by atoms with Crippen molar-refractivity contribution in [3.8, 4) is 11.3 Å². The number of nitrogens with one attached hydrogen (secondary N) is 2. The fourth-order valence-corrected chi connectivity index (χ4v) is 4.66. The zero-order valence-electron chi connectivity index (χ0n) is 17.3. The molecule has 2 amide bonds. The third kappa shape index (κ3) is 4.77. The standard InChI is InChI=1S/C21H23ClN6O2S/c1-12-16(4-3-9-28(12)21(30)19-24-13(2)26-27-19)20(29)23-10-18-25-17(11-31-18)14-5-7-15(22)8-6-14/h5-8,11-12,16H,3-4,9-10H2,1-2H3,(H,23,29)(H,24,26,27). The maximum Gasteiger partial charge on any atom is 0.293 e. The Bertz CT molecular complexity index is 1080. The first-order chi connectivity index (χ1) is 14.9. The summed E-state index contributed by atoms with van der Waals surface area (Å²) in [5.41, 5.74) is 1.84. The minimum Gasteiger partial charge on any atom is -0.349 e. The fourth-order valence-electron chi connectivity index (χ4n) is 3.79. The molecule has 10 heteroatoms. The zero-order valence-corrected chi connectivity index (χ0v) is 18.8. The van der Waals surface area contributed by atoms with Crippen molar-refractivity contribution in [2.45, 2.75) is 39.3 Å². The Balaban J connectivity index is 1.37. The van der Waals surface area contributed by atoms with Crippen molar-refractivity contribution in [3.63, 3.8) is 0 Å². The van der Waals surface area contributed by atoms with Gasteiger partial charge < -0.3 is 10.2 Å². The molecule has 1 aromatic carbocycles. The fraction of sp³-hybridized carbons (Fsp3) is 0.381. The second-order valence-electron chi connectivity index (χ2n) is 7.58. The summed E-state index contributed by atoms with van der Waals surface area (Å²) in [5, 5.41) is 13.1. The van der Waals surface area contributed by atoms with Gasteiger partial charge in [0.05, 0.1) is 18.2 Å². The van der Waals surface area contributed by atoms with E-state index in [1.54, 1.807) is 11.8 Å². The first-order valence-electron chi connectivity index (χ1n) is 10.1. The molecule has 3 heterocycles. The van der Waals surface area contributed by atoms with Crippen LogP contribution >= 0.6 is 22.9 Å². The number of carbonyl (C=O) groups excluding carboxylic acids is 2. The number of benzene rings is 1. The number of hydrogen-bond donors (Lipinski definition) is 2. The summed E-state index contributed by atoms with van der Waals surface area (Å²) in [5.74, 6) is 0.126. The van der Waals surface area contributed by atoms with E-state index in [9.17, 15) is 9.59 Å². The molecule has 31 heavy (non-hydrogen) atoms. The molecule has 1 aliphatic rings. The van der Waals surface area contributed by atoms with E-state index < -0.39 is 0 Å². The largest absolute Gasteiger partial charge is 0.349 e. The summed E-state index contributed by atoms with van der Waals surface area (Å²) in [6.07, 6.45) is 1.49. The van der Waals surface area contributed by atoms with E-state index >= 15 is 0 Å². The van der Waals surface area contributed by atoms with Crippen LogP contribution in [0.4, 0.5) is 0 Å². The van der Waals surface area contributed by atoms with Crippen molar-refractivity contribution in [2.24, 2.45) is 5.92 Å². The van der Waals surface area contributed by atoms with E-state index in [2.05, 4.69) is 25.5 Å². The van der Waals surface area contributed by atoms with Crippen LogP contribution in [-0.2, 0) is 11.3 Å². The van der Waals surface area contributed by atoms with Gasteiger partial charge in [0.1, 0.15) is 10.8 Å². The maximum absolute atomic E-state index is 12.9. The highest BCUT2D eigenvalue weighted by molar-refractivity contribution is 7.09. The topological polar surface area (TPSA) is 104 Å². The quantitative estimate of drug-likeness (QED) is 0.609. The first-order valence-corrected chi connectivity index (χ1v) is 11.4. The molecule has 0 aliphatic carbocycles. The number of thiazole rings is 1. The minimum absolute atomic E-state index is 0.0700. The summed E-state index contributed by atoms with van der Waals surface area (Å²) in [4.78, 5) is 36.1. The zero-order chi connectivity index (χ0) is 22.0. The van der Waals surface area contributed by atoms with Crippen molar-refractivity contribution in [1.29, 1.82) is 0 Å². The van der Waals surface area contributed by atoms with Crippen molar-refractivity contribution in [1.82, 2.24) is 30.4 Å². The van der Waals surface area contributed by atoms with Crippen molar-refractivity contribution >= 4 is 34.8 Å². The average Bonchev–Trinajstić information content (AvgIpc) is 3.41. The molecule has 0 spiro atoms. The molecule has 4 rings (SSSR count). The van der Waals surface area contributed by atoms with Gasteiger partial charge in [-0.25, -0.2) is 9.97 Å². The molecular formula is C21H23ClN6O2S. The number of hydrogen-bond acceptors (Lipinski definition) is 6. The Kier molecular flexibility index (Phi) is 6.33. The van der Waals surface area contributed by atoms with Gasteiger partial charge in [-0.1, -0.05) is 23.7 Å². The molecule has 2 aromatic heterocycles. The van der Waals surface area contributed by atoms with Crippen LogP contribution in [0.2, 0.25) is 5.02 Å². The summed E-state index contributed by atoms with van der Waals surface area (Å²) in [7, 11) is 0. The number of carbonyl (C=O) groups is 2. The molecule has 1 fully saturated rings. The molecule has 2 N–H and O–H groups in total. The van der Waals surface area contributed by atoms with E-state index in [1.165, 1.54) is 11.3 Å². The lowest BCUT2D eigenvalue weighted by molar-refractivity contribution is -0.128. The predicted molar refractivity (Wildman–Crippen MR) is 119 cm³/mol. The number of nitrogens with zero attached hydrogens (tertiary/aromatic N) is 4. The number of rotatable bonds is 5. The number of likely N-dealkylation sites (tertiary alicyclic amines) is 1. The number of H-pyrrole nitrogens is 1. The van der Waals surface area contributed by atoms with Gasteiger partial charge in [-0.15, -0.1) is 16.4 Å². The van der Waals surface area contributed by atoms with Gasteiger partial charge in [0.25, 0.3) is 5.91 Å². The predicted octanol–water partition coefficient (Wildman–Crippen LogP) is 3.45. The van der Waals surface area contributed by atoms with Crippen LogP contribution in [-0.4, -0.2) is 49.5 Å². The number of aryl methyl sites for hydroxylation is 1. The average molecular weight is 459 g/mol. The highest BCUT2D eigenvalue weighted by atomic mass is 35.5. The van der Waals surface area contributed by atoms with E-state index in [0.29, 0.717) is 23.9 Å². The molecule has 162 valence electrons. The van der Waals surface area contributed by atoms with Gasteiger partial charge in [0.15, 0.2) is 0 Å². The second kappa shape index (κ2) is 9.15. The Hall–Kier alpha value is -2.78. The van der Waals surface area contributed by atoms with E-state index in [-0.39, 0.29) is 29.6 Å². The lowest BCUT2D eigenvalue weighted by atomic mass is 9.89. The normalized spacial score (nSPS) is 18.7. The van der Waals surface area contributed by atoms with E-state index in [4.69, 9.17) is 11.6 Å². The van der Waals surface area contributed by atoms with Crippen LogP contribution in [0.25, 0.3) is 11.3 Å². The number of halogens is 1. The number of amides is 2.